The number of H-pyrrole nitrogens is 1. The summed E-state index contributed by atoms with van der Waals surface area (Å²) >= 11 is 0. The van der Waals surface area contributed by atoms with Crippen molar-refractivity contribution in [2.75, 3.05) is 11.5 Å². The van der Waals surface area contributed by atoms with Crippen LogP contribution in [0.4, 0.5) is 0 Å². The molecule has 1 aliphatic heterocycles. The predicted octanol–water partition coefficient (Wildman–Crippen LogP) is 0.410. The van der Waals surface area contributed by atoms with Crippen molar-refractivity contribution in [1.29, 1.82) is 0 Å². The second-order valence-electron chi connectivity index (χ2n) is 3.61. The van der Waals surface area contributed by atoms with Crippen LogP contribution in [0.2, 0.25) is 0 Å². The molecule has 1 aliphatic rings. The summed E-state index contributed by atoms with van der Waals surface area (Å²) in [5.41, 5.74) is 1.18. The Labute approximate surface area is 85.9 Å². The summed E-state index contributed by atoms with van der Waals surface area (Å²) in [7, 11) is -0.560. The minimum absolute atomic E-state index is 0.530. The second kappa shape index (κ2) is 4.70. The van der Waals surface area contributed by atoms with Gasteiger partial charge in [0.2, 0.25) is 0 Å². The van der Waals surface area contributed by atoms with Crippen molar-refractivity contribution in [2.45, 2.75) is 25.4 Å². The molecule has 2 heterocycles. The lowest BCUT2D eigenvalue weighted by atomic mass is 10.1. The molecule has 1 saturated heterocycles. The molecule has 14 heavy (non-hydrogen) atoms. The fourth-order valence-electron chi connectivity index (χ4n) is 1.63. The van der Waals surface area contributed by atoms with Crippen LogP contribution in [-0.4, -0.2) is 32.0 Å². The smallest absolute Gasteiger partial charge is 0.0532 e. The fraction of sp³-hybridized carbons (Fsp3) is 0.667. The van der Waals surface area contributed by atoms with Gasteiger partial charge in [-0.1, -0.05) is 0 Å². The van der Waals surface area contributed by atoms with E-state index in [-0.39, 0.29) is 0 Å². The van der Waals surface area contributed by atoms with Crippen LogP contribution in [0.1, 0.15) is 18.4 Å². The Morgan fingerprint density at radius 3 is 3.00 bits per heavy atom. The van der Waals surface area contributed by atoms with E-state index in [1.165, 1.54) is 5.56 Å². The first kappa shape index (κ1) is 9.86. The maximum atomic E-state index is 11.1. The van der Waals surface area contributed by atoms with Gasteiger partial charge in [0.05, 0.1) is 6.20 Å². The molecule has 78 valence electrons. The van der Waals surface area contributed by atoms with Gasteiger partial charge in [-0.15, -0.1) is 0 Å². The average molecular weight is 213 g/mol. The van der Waals surface area contributed by atoms with Gasteiger partial charge in [0.1, 0.15) is 0 Å². The molecule has 0 aromatic carbocycles. The van der Waals surface area contributed by atoms with Crippen molar-refractivity contribution in [2.24, 2.45) is 0 Å². The number of aromatic amines is 1. The van der Waals surface area contributed by atoms with Crippen LogP contribution in [-0.2, 0) is 17.3 Å². The lowest BCUT2D eigenvalue weighted by Crippen LogP contribution is -2.35. The molecule has 0 atom stereocenters. The van der Waals surface area contributed by atoms with Crippen molar-refractivity contribution in [3.8, 4) is 0 Å². The number of rotatable bonds is 3. The number of hydrogen-bond donors (Lipinski definition) is 2. The first-order chi connectivity index (χ1) is 6.84. The molecule has 0 bridgehead atoms. The zero-order valence-corrected chi connectivity index (χ0v) is 8.85. The van der Waals surface area contributed by atoms with E-state index in [1.54, 1.807) is 0 Å². The Morgan fingerprint density at radius 1 is 1.57 bits per heavy atom. The molecule has 2 N–H and O–H groups in total. The quantitative estimate of drug-likeness (QED) is 0.764. The highest BCUT2D eigenvalue weighted by Gasteiger charge is 2.16. The lowest BCUT2D eigenvalue weighted by Gasteiger charge is -2.22. The van der Waals surface area contributed by atoms with E-state index in [0.717, 1.165) is 30.9 Å². The van der Waals surface area contributed by atoms with Gasteiger partial charge in [0.25, 0.3) is 0 Å². The summed E-state index contributed by atoms with van der Waals surface area (Å²) < 4.78 is 11.1. The van der Waals surface area contributed by atoms with Gasteiger partial charge < -0.3 is 5.32 Å². The highest BCUT2D eigenvalue weighted by molar-refractivity contribution is 7.85. The van der Waals surface area contributed by atoms with Crippen LogP contribution in [0.3, 0.4) is 0 Å². The van der Waals surface area contributed by atoms with Gasteiger partial charge in [-0.25, -0.2) is 0 Å². The zero-order valence-electron chi connectivity index (χ0n) is 8.03. The summed E-state index contributed by atoms with van der Waals surface area (Å²) in [6.07, 6.45) is 5.79. The summed E-state index contributed by atoms with van der Waals surface area (Å²) in [5.74, 6) is 1.70. The molecule has 0 aliphatic carbocycles. The van der Waals surface area contributed by atoms with Crippen LogP contribution in [0.25, 0.3) is 0 Å². The highest BCUT2D eigenvalue weighted by atomic mass is 32.2. The highest BCUT2D eigenvalue weighted by Crippen LogP contribution is 2.09. The maximum Gasteiger partial charge on any atom is 0.0532 e. The Kier molecular flexibility index (Phi) is 3.31. The zero-order chi connectivity index (χ0) is 9.80. The molecule has 0 radical (unpaired) electrons. The molecule has 2 rings (SSSR count). The third-order valence-electron chi connectivity index (χ3n) is 2.54. The molecule has 1 aromatic heterocycles. The maximum absolute atomic E-state index is 11.1. The molecule has 1 fully saturated rings. The van der Waals surface area contributed by atoms with E-state index in [1.807, 2.05) is 12.4 Å². The number of nitrogens with zero attached hydrogens (tertiary/aromatic N) is 1. The van der Waals surface area contributed by atoms with Crippen LogP contribution >= 0.6 is 0 Å². The Bertz CT molecular complexity index is 289. The SMILES string of the molecule is O=S1CCC(NCc2cn[nH]c2)CC1. The van der Waals surface area contributed by atoms with E-state index in [0.29, 0.717) is 6.04 Å². The second-order valence-corrected chi connectivity index (χ2v) is 5.31. The lowest BCUT2D eigenvalue weighted by molar-refractivity contribution is 0.475. The molecule has 1 aromatic rings. The first-order valence-electron chi connectivity index (χ1n) is 4.90. The first-order valence-corrected chi connectivity index (χ1v) is 6.39. The van der Waals surface area contributed by atoms with E-state index in [9.17, 15) is 4.21 Å². The molecular formula is C9H15N3OS. The van der Waals surface area contributed by atoms with Crippen molar-refractivity contribution in [1.82, 2.24) is 15.5 Å². The van der Waals surface area contributed by atoms with Crippen LogP contribution in [0.5, 0.6) is 0 Å². The summed E-state index contributed by atoms with van der Waals surface area (Å²) in [5, 5.41) is 10.1. The van der Waals surface area contributed by atoms with E-state index >= 15 is 0 Å². The standard InChI is InChI=1S/C9H15N3OS/c13-14-3-1-9(2-4-14)10-5-8-6-11-12-7-8/h6-7,9-10H,1-5H2,(H,11,12). The largest absolute Gasteiger partial charge is 0.310 e. The van der Waals surface area contributed by atoms with Crippen molar-refractivity contribution in [3.05, 3.63) is 18.0 Å². The van der Waals surface area contributed by atoms with Gasteiger partial charge in [-0.05, 0) is 12.8 Å². The van der Waals surface area contributed by atoms with Crippen LogP contribution in [0.15, 0.2) is 12.4 Å². The van der Waals surface area contributed by atoms with Crippen molar-refractivity contribution >= 4 is 10.8 Å². The Morgan fingerprint density at radius 2 is 2.36 bits per heavy atom. The molecule has 5 heteroatoms. The van der Waals surface area contributed by atoms with Crippen LogP contribution in [0, 0.1) is 0 Å². The van der Waals surface area contributed by atoms with Gasteiger partial charge in [-0.2, -0.15) is 5.10 Å². The summed E-state index contributed by atoms with van der Waals surface area (Å²) in [4.78, 5) is 0. The molecule has 4 nitrogen and oxygen atoms in total. The van der Waals surface area contributed by atoms with E-state index < -0.39 is 10.8 Å². The van der Waals surface area contributed by atoms with Gasteiger partial charge >= 0.3 is 0 Å². The minimum Gasteiger partial charge on any atom is -0.310 e. The number of hydrogen-bond acceptors (Lipinski definition) is 3. The molecule has 0 unspecified atom stereocenters. The summed E-state index contributed by atoms with van der Waals surface area (Å²) in [6, 6.07) is 0.530. The Hall–Kier alpha value is -0.680. The normalized spacial score (nSPS) is 27.7. The summed E-state index contributed by atoms with van der Waals surface area (Å²) in [6.45, 7) is 0.855. The molecule has 0 saturated carbocycles. The topological polar surface area (TPSA) is 57.8 Å². The van der Waals surface area contributed by atoms with Gasteiger partial charge in [0.15, 0.2) is 0 Å². The number of aromatic nitrogens is 2. The Balaban J connectivity index is 1.73. The monoisotopic (exact) mass is 213 g/mol. The third-order valence-corrected chi connectivity index (χ3v) is 3.92. The van der Waals surface area contributed by atoms with E-state index in [4.69, 9.17) is 0 Å². The van der Waals surface area contributed by atoms with Gasteiger partial charge in [-0.3, -0.25) is 9.31 Å². The van der Waals surface area contributed by atoms with Crippen molar-refractivity contribution in [3.63, 3.8) is 0 Å². The third kappa shape index (κ3) is 2.65. The molecule has 0 amide bonds. The van der Waals surface area contributed by atoms with E-state index in [2.05, 4.69) is 15.5 Å². The van der Waals surface area contributed by atoms with Gasteiger partial charge in [0, 0.05) is 46.7 Å². The average Bonchev–Trinajstić information content (AvgIpc) is 2.70. The van der Waals surface area contributed by atoms with Crippen LogP contribution < -0.4 is 5.32 Å². The van der Waals surface area contributed by atoms with Crippen molar-refractivity contribution < 1.29 is 4.21 Å². The molecular weight excluding hydrogens is 198 g/mol. The predicted molar refractivity (Wildman–Crippen MR) is 56.3 cm³/mol. The number of nitrogens with one attached hydrogen (secondary N) is 2. The molecule has 0 spiro atoms. The fourth-order valence-corrected chi connectivity index (χ4v) is 2.93. The minimum atomic E-state index is -0.560.